The van der Waals surface area contributed by atoms with Gasteiger partial charge in [0.25, 0.3) is 0 Å². The molecule has 3 nitrogen and oxygen atoms in total. The van der Waals surface area contributed by atoms with Gasteiger partial charge in [-0.2, -0.15) is 13.2 Å². The minimum absolute atomic E-state index is 0.00729. The van der Waals surface area contributed by atoms with Crippen molar-refractivity contribution in [3.8, 4) is 5.75 Å². The molecule has 0 aromatic heterocycles. The second-order valence-electron chi connectivity index (χ2n) is 6.76. The first kappa shape index (κ1) is 22.3. The first-order valence-electron chi connectivity index (χ1n) is 7.78. The number of hydrogen-bond acceptors (Lipinski definition) is 3. The lowest BCUT2D eigenvalue weighted by atomic mass is 10.1. The lowest BCUT2D eigenvalue weighted by Gasteiger charge is -2.11. The molecule has 0 N–H and O–H groups in total. The Morgan fingerprint density at radius 1 is 1.21 bits per heavy atom. The highest BCUT2D eigenvalue weighted by atomic mass is 35.5. The monoisotopic (exact) mass is 434 g/mol. The molecular weight excluding hydrogens is 421 g/mol. The Labute approximate surface area is 160 Å². The van der Waals surface area contributed by atoms with Gasteiger partial charge in [-0.05, 0) is 29.0 Å². The zero-order valence-corrected chi connectivity index (χ0v) is 15.2. The number of hydrogen-bond donors (Lipinski definition) is 0. The highest BCUT2D eigenvalue weighted by Gasteiger charge is 2.62. The number of alkyl halides is 6. The van der Waals surface area contributed by atoms with Crippen LogP contribution in [0, 0.1) is 23.1 Å². The van der Waals surface area contributed by atoms with E-state index in [0.29, 0.717) is 12.1 Å². The number of benzene rings is 1. The van der Waals surface area contributed by atoms with Crippen LogP contribution >= 0.6 is 11.6 Å². The van der Waals surface area contributed by atoms with Crippen LogP contribution in [0.4, 0.5) is 30.7 Å². The average Bonchev–Trinajstić information content (AvgIpc) is 3.06. The van der Waals surface area contributed by atoms with Gasteiger partial charge in [0.15, 0.2) is 11.6 Å². The predicted molar refractivity (Wildman–Crippen MR) is 83.6 cm³/mol. The van der Waals surface area contributed by atoms with Gasteiger partial charge in [-0.1, -0.05) is 37.6 Å². The van der Waals surface area contributed by atoms with Gasteiger partial charge in [-0.3, -0.25) is 4.79 Å². The molecule has 0 aliphatic heterocycles. The van der Waals surface area contributed by atoms with E-state index in [4.69, 9.17) is 16.3 Å². The second-order valence-corrected chi connectivity index (χ2v) is 7.16. The first-order valence-corrected chi connectivity index (χ1v) is 8.16. The Kier molecular flexibility index (Phi) is 5.94. The molecule has 0 heterocycles. The molecule has 0 bridgehead atoms. The predicted octanol–water partition coefficient (Wildman–Crippen LogP) is 5.72. The molecule has 156 valence electrons. The Morgan fingerprint density at radius 2 is 1.82 bits per heavy atom. The first-order chi connectivity index (χ1) is 12.6. The fourth-order valence-corrected chi connectivity index (χ4v) is 2.91. The molecule has 1 aliphatic rings. The van der Waals surface area contributed by atoms with Crippen LogP contribution < -0.4 is 4.74 Å². The van der Waals surface area contributed by atoms with Crippen molar-refractivity contribution in [2.24, 2.45) is 17.3 Å². The topological polar surface area (TPSA) is 35.5 Å². The molecule has 0 saturated heterocycles. The maximum Gasteiger partial charge on any atom is 0.573 e. The molecule has 0 radical (unpaired) electrons. The van der Waals surface area contributed by atoms with Crippen molar-refractivity contribution in [2.45, 2.75) is 33.0 Å². The van der Waals surface area contributed by atoms with Crippen LogP contribution in [0.2, 0.25) is 0 Å². The van der Waals surface area contributed by atoms with E-state index in [2.05, 4.69) is 4.74 Å². The van der Waals surface area contributed by atoms with Crippen molar-refractivity contribution in [1.82, 2.24) is 0 Å². The molecular formula is C17H14ClF7O3. The molecule has 1 aromatic rings. The van der Waals surface area contributed by atoms with Crippen LogP contribution in [-0.2, 0) is 16.1 Å². The number of halogens is 8. The van der Waals surface area contributed by atoms with Gasteiger partial charge in [-0.15, -0.1) is 13.2 Å². The van der Waals surface area contributed by atoms with Crippen molar-refractivity contribution in [3.63, 3.8) is 0 Å². The maximum atomic E-state index is 13.4. The molecule has 1 aliphatic carbocycles. The quantitative estimate of drug-likeness (QED) is 0.439. The SMILES string of the molecule is CC1(C)C(C=C(Cl)C(F)(F)F)C1C(=O)OCc1ccc(F)c(OC(F)(F)F)c1. The molecule has 1 saturated carbocycles. The number of ether oxygens (including phenoxy) is 2. The van der Waals surface area contributed by atoms with Crippen LogP contribution in [0.1, 0.15) is 19.4 Å². The normalized spacial score (nSPS) is 22.0. The third-order valence-electron chi connectivity index (χ3n) is 4.36. The molecule has 1 fully saturated rings. The summed E-state index contributed by atoms with van der Waals surface area (Å²) in [4.78, 5) is 12.2. The summed E-state index contributed by atoms with van der Waals surface area (Å²) < 4.78 is 96.1. The van der Waals surface area contributed by atoms with E-state index in [-0.39, 0.29) is 5.56 Å². The molecule has 2 rings (SSSR count). The van der Waals surface area contributed by atoms with Crippen LogP contribution in [0.3, 0.4) is 0 Å². The minimum Gasteiger partial charge on any atom is -0.461 e. The van der Waals surface area contributed by atoms with Crippen LogP contribution in [0.25, 0.3) is 0 Å². The third-order valence-corrected chi connectivity index (χ3v) is 4.70. The molecule has 0 amide bonds. The fraction of sp³-hybridized carbons (Fsp3) is 0.471. The molecule has 1 aromatic carbocycles. The Morgan fingerprint density at radius 3 is 2.36 bits per heavy atom. The van der Waals surface area contributed by atoms with Crippen molar-refractivity contribution in [3.05, 3.63) is 40.7 Å². The van der Waals surface area contributed by atoms with Crippen LogP contribution in [-0.4, -0.2) is 18.5 Å². The van der Waals surface area contributed by atoms with Crippen molar-refractivity contribution in [2.75, 3.05) is 0 Å². The van der Waals surface area contributed by atoms with Crippen LogP contribution in [0.5, 0.6) is 5.75 Å². The number of carbonyl (C=O) groups excluding carboxylic acids is 1. The zero-order valence-electron chi connectivity index (χ0n) is 14.4. The van der Waals surface area contributed by atoms with Gasteiger partial charge in [-0.25, -0.2) is 4.39 Å². The zero-order chi connectivity index (χ0) is 21.5. The van der Waals surface area contributed by atoms with E-state index in [1.807, 2.05) is 0 Å². The van der Waals surface area contributed by atoms with E-state index < -0.39 is 59.0 Å². The third kappa shape index (κ3) is 5.30. The lowest BCUT2D eigenvalue weighted by Crippen LogP contribution is -2.18. The number of carbonyl (C=O) groups is 1. The summed E-state index contributed by atoms with van der Waals surface area (Å²) in [5.41, 5.74) is -0.830. The molecule has 28 heavy (non-hydrogen) atoms. The minimum atomic E-state index is -5.11. The van der Waals surface area contributed by atoms with Crippen molar-refractivity contribution in [1.29, 1.82) is 0 Å². The van der Waals surface area contributed by atoms with Gasteiger partial charge in [0, 0.05) is 0 Å². The standard InChI is InChI=1S/C17H14ClF7O3/c1-15(2)9(6-12(18)16(20,21)22)13(15)14(26)27-7-8-3-4-10(19)11(5-8)28-17(23,24)25/h3-6,9,13H,7H2,1-2H3. The van der Waals surface area contributed by atoms with Crippen molar-refractivity contribution >= 4 is 17.6 Å². The average molecular weight is 435 g/mol. The summed E-state index contributed by atoms with van der Waals surface area (Å²) in [5.74, 6) is -4.92. The molecule has 2 unspecified atom stereocenters. The summed E-state index contributed by atoms with van der Waals surface area (Å²) in [5, 5.41) is -1.35. The van der Waals surface area contributed by atoms with E-state index >= 15 is 0 Å². The number of allylic oxidation sites excluding steroid dienone is 2. The smallest absolute Gasteiger partial charge is 0.461 e. The highest BCUT2D eigenvalue weighted by Crippen LogP contribution is 2.60. The second kappa shape index (κ2) is 7.46. The summed E-state index contributed by atoms with van der Waals surface area (Å²) in [6.07, 6.45) is -9.11. The van der Waals surface area contributed by atoms with E-state index in [1.165, 1.54) is 0 Å². The maximum absolute atomic E-state index is 13.4. The Hall–Kier alpha value is -1.97. The number of esters is 1. The van der Waals surface area contributed by atoms with E-state index in [9.17, 15) is 35.5 Å². The number of rotatable bonds is 5. The summed E-state index contributed by atoms with van der Waals surface area (Å²) in [6.45, 7) is 2.59. The summed E-state index contributed by atoms with van der Waals surface area (Å²) in [7, 11) is 0. The summed E-state index contributed by atoms with van der Waals surface area (Å²) >= 11 is 5.19. The van der Waals surface area contributed by atoms with Gasteiger partial charge in [0.2, 0.25) is 0 Å². The van der Waals surface area contributed by atoms with Gasteiger partial charge >= 0.3 is 18.5 Å². The van der Waals surface area contributed by atoms with Gasteiger partial charge in [0.05, 0.1) is 5.92 Å². The van der Waals surface area contributed by atoms with Crippen molar-refractivity contribution < 1.29 is 45.0 Å². The van der Waals surface area contributed by atoms with Gasteiger partial charge in [0.1, 0.15) is 11.6 Å². The van der Waals surface area contributed by atoms with Crippen LogP contribution in [0.15, 0.2) is 29.3 Å². The molecule has 11 heteroatoms. The Bertz CT molecular complexity index is 784. The highest BCUT2D eigenvalue weighted by molar-refractivity contribution is 6.30. The molecule has 0 spiro atoms. The molecule has 2 atom stereocenters. The van der Waals surface area contributed by atoms with Gasteiger partial charge < -0.3 is 9.47 Å². The Balaban J connectivity index is 2.04. The van der Waals surface area contributed by atoms with E-state index in [1.54, 1.807) is 13.8 Å². The lowest BCUT2D eigenvalue weighted by molar-refractivity contribution is -0.275. The largest absolute Gasteiger partial charge is 0.573 e. The van der Waals surface area contributed by atoms with E-state index in [0.717, 1.165) is 12.1 Å². The fourth-order valence-electron chi connectivity index (χ4n) is 2.78. The summed E-state index contributed by atoms with van der Waals surface area (Å²) in [6, 6.07) is 2.51.